The molecule has 1 aliphatic rings. The normalized spacial score (nSPS) is 42.2. The lowest BCUT2D eigenvalue weighted by atomic mass is 9.75. The number of aliphatic hydroxyl groups excluding tert-OH is 2. The molecule has 0 aromatic carbocycles. The van der Waals surface area contributed by atoms with Gasteiger partial charge in [-0.3, -0.25) is 0 Å². The number of rotatable bonds is 2. The van der Waals surface area contributed by atoms with E-state index < -0.39 is 23.9 Å². The quantitative estimate of drug-likeness (QED) is 0.623. The largest absolute Gasteiger partial charge is 0.394 e. The smallest absolute Gasteiger partial charge is 0.119 e. The first kappa shape index (κ1) is 12.9. The van der Waals surface area contributed by atoms with E-state index in [1.54, 1.807) is 0 Å². The van der Waals surface area contributed by atoms with Gasteiger partial charge in [0.15, 0.2) is 0 Å². The summed E-state index contributed by atoms with van der Waals surface area (Å²) in [4.78, 5) is 0. The highest BCUT2D eigenvalue weighted by atomic mass is 16.6. The van der Waals surface area contributed by atoms with Crippen molar-refractivity contribution in [3.8, 4) is 0 Å². The van der Waals surface area contributed by atoms with Crippen LogP contribution in [0.5, 0.6) is 0 Å². The molecule has 0 bridgehead atoms. The van der Waals surface area contributed by atoms with Crippen LogP contribution in [0.25, 0.3) is 0 Å². The van der Waals surface area contributed by atoms with Gasteiger partial charge in [0.2, 0.25) is 0 Å². The van der Waals surface area contributed by atoms with Crippen LogP contribution in [0.3, 0.4) is 0 Å². The van der Waals surface area contributed by atoms with Crippen molar-refractivity contribution < 1.29 is 20.1 Å². The van der Waals surface area contributed by atoms with Crippen molar-refractivity contribution in [2.75, 3.05) is 6.61 Å². The Labute approximate surface area is 90.9 Å². The van der Waals surface area contributed by atoms with Crippen molar-refractivity contribution in [1.29, 1.82) is 0 Å². The fourth-order valence-electron chi connectivity index (χ4n) is 2.34. The van der Waals surface area contributed by atoms with Gasteiger partial charge in [-0.15, -0.1) is 0 Å². The van der Waals surface area contributed by atoms with Gasteiger partial charge in [0.1, 0.15) is 17.8 Å². The molecule has 1 fully saturated rings. The maximum Gasteiger partial charge on any atom is 0.119 e. The number of aliphatic hydroxyl groups is 3. The molecule has 4 heteroatoms. The summed E-state index contributed by atoms with van der Waals surface area (Å²) in [5.41, 5.74) is -1.53. The minimum Gasteiger partial charge on any atom is -0.394 e. The van der Waals surface area contributed by atoms with Crippen LogP contribution in [0, 0.1) is 5.41 Å². The minimum atomic E-state index is -1.26. The zero-order valence-corrected chi connectivity index (χ0v) is 9.90. The Morgan fingerprint density at radius 3 is 2.13 bits per heavy atom. The summed E-state index contributed by atoms with van der Waals surface area (Å²) in [5.74, 6) is 0. The lowest BCUT2D eigenvalue weighted by Crippen LogP contribution is -2.52. The first-order chi connectivity index (χ1) is 6.77. The van der Waals surface area contributed by atoms with Gasteiger partial charge in [-0.05, 0) is 11.8 Å². The predicted molar refractivity (Wildman–Crippen MR) is 56.4 cm³/mol. The third kappa shape index (κ3) is 2.04. The van der Waals surface area contributed by atoms with Gasteiger partial charge in [-0.1, -0.05) is 27.7 Å². The Bertz CT molecular complexity index is 223. The zero-order chi connectivity index (χ0) is 11.9. The Morgan fingerprint density at radius 1 is 1.33 bits per heavy atom. The summed E-state index contributed by atoms with van der Waals surface area (Å²) in [6, 6.07) is 0. The molecule has 1 aliphatic heterocycles. The van der Waals surface area contributed by atoms with Crippen molar-refractivity contribution in [3.63, 3.8) is 0 Å². The molecule has 0 saturated carbocycles. The van der Waals surface area contributed by atoms with Crippen LogP contribution in [0.4, 0.5) is 0 Å². The van der Waals surface area contributed by atoms with Crippen molar-refractivity contribution in [2.24, 2.45) is 5.41 Å². The van der Waals surface area contributed by atoms with E-state index in [9.17, 15) is 10.2 Å². The maximum absolute atomic E-state index is 10.4. The van der Waals surface area contributed by atoms with Crippen LogP contribution in [0.1, 0.15) is 34.1 Å². The summed E-state index contributed by atoms with van der Waals surface area (Å²) < 4.78 is 5.54. The van der Waals surface area contributed by atoms with E-state index in [1.807, 2.05) is 27.7 Å². The number of hydrogen-bond donors (Lipinski definition) is 3. The third-order valence-electron chi connectivity index (χ3n) is 3.16. The third-order valence-corrected chi connectivity index (χ3v) is 3.16. The summed E-state index contributed by atoms with van der Waals surface area (Å²) >= 11 is 0. The molecule has 4 nitrogen and oxygen atoms in total. The second kappa shape index (κ2) is 4.01. The van der Waals surface area contributed by atoms with E-state index in [2.05, 4.69) is 0 Å². The average molecular weight is 218 g/mol. The molecular weight excluding hydrogens is 196 g/mol. The summed E-state index contributed by atoms with van der Waals surface area (Å²) in [6.07, 6.45) is -1.75. The average Bonchev–Trinajstić information content (AvgIpc) is 2.40. The van der Waals surface area contributed by atoms with E-state index in [1.165, 1.54) is 0 Å². The number of hydrogen-bond acceptors (Lipinski definition) is 4. The van der Waals surface area contributed by atoms with Crippen molar-refractivity contribution in [1.82, 2.24) is 0 Å². The zero-order valence-electron chi connectivity index (χ0n) is 9.90. The monoisotopic (exact) mass is 218 g/mol. The number of ether oxygens (including phenoxy) is 1. The Morgan fingerprint density at radius 2 is 1.87 bits per heavy atom. The molecule has 3 N–H and O–H groups in total. The van der Waals surface area contributed by atoms with Crippen LogP contribution < -0.4 is 0 Å². The fourth-order valence-corrected chi connectivity index (χ4v) is 2.34. The first-order valence-corrected chi connectivity index (χ1v) is 5.44. The fraction of sp³-hybridized carbons (Fsp3) is 1.00. The molecule has 0 aromatic heterocycles. The Balaban J connectivity index is 2.98. The van der Waals surface area contributed by atoms with Gasteiger partial charge in [0.05, 0.1) is 12.7 Å². The standard InChI is InChI=1S/C11H22O4/c1-5-11(14)8(13)7(6-12)15-9(11)10(2,3)4/h7-9,12-14H,5-6H2,1-4H3. The summed E-state index contributed by atoms with van der Waals surface area (Å²) in [6.45, 7) is 7.39. The molecule has 0 amide bonds. The lowest BCUT2D eigenvalue weighted by molar-refractivity contribution is -0.117. The topological polar surface area (TPSA) is 69.9 Å². The predicted octanol–water partition coefficient (Wildman–Crippen LogP) is 0.294. The van der Waals surface area contributed by atoms with Crippen LogP contribution >= 0.6 is 0 Å². The molecule has 1 saturated heterocycles. The second-order valence-corrected chi connectivity index (χ2v) is 5.39. The molecule has 0 spiro atoms. The van der Waals surface area contributed by atoms with Crippen LogP contribution in [-0.2, 0) is 4.74 Å². The van der Waals surface area contributed by atoms with Gasteiger partial charge in [0.25, 0.3) is 0 Å². The molecule has 4 unspecified atom stereocenters. The van der Waals surface area contributed by atoms with E-state index in [-0.39, 0.29) is 12.0 Å². The van der Waals surface area contributed by atoms with Gasteiger partial charge < -0.3 is 20.1 Å². The SMILES string of the molecule is CCC1(O)C(O)C(CO)OC1C(C)(C)C. The van der Waals surface area contributed by atoms with Crippen LogP contribution in [0.2, 0.25) is 0 Å². The molecule has 0 aliphatic carbocycles. The van der Waals surface area contributed by atoms with Crippen molar-refractivity contribution in [2.45, 2.75) is 58.0 Å². The van der Waals surface area contributed by atoms with E-state index in [4.69, 9.17) is 9.84 Å². The van der Waals surface area contributed by atoms with Gasteiger partial charge in [-0.25, -0.2) is 0 Å². The van der Waals surface area contributed by atoms with Gasteiger partial charge in [-0.2, -0.15) is 0 Å². The summed E-state index contributed by atoms with van der Waals surface area (Å²) in [5, 5.41) is 29.3. The highest BCUT2D eigenvalue weighted by molar-refractivity contribution is 5.06. The highest BCUT2D eigenvalue weighted by Crippen LogP contribution is 2.42. The first-order valence-electron chi connectivity index (χ1n) is 5.44. The maximum atomic E-state index is 10.4. The van der Waals surface area contributed by atoms with Crippen LogP contribution in [-0.4, -0.2) is 45.8 Å². The Hall–Kier alpha value is -0.160. The molecule has 90 valence electrons. The summed E-state index contributed by atoms with van der Waals surface area (Å²) in [7, 11) is 0. The molecule has 1 rings (SSSR count). The molecule has 4 atom stereocenters. The lowest BCUT2D eigenvalue weighted by Gasteiger charge is -2.37. The van der Waals surface area contributed by atoms with Crippen molar-refractivity contribution >= 4 is 0 Å². The van der Waals surface area contributed by atoms with E-state index in [0.717, 1.165) is 0 Å². The van der Waals surface area contributed by atoms with E-state index in [0.29, 0.717) is 6.42 Å². The Kier molecular flexibility index (Phi) is 3.45. The molecule has 15 heavy (non-hydrogen) atoms. The minimum absolute atomic E-state index is 0.268. The molecular formula is C11H22O4. The molecule has 0 radical (unpaired) electrons. The molecule has 0 aromatic rings. The second-order valence-electron chi connectivity index (χ2n) is 5.39. The molecule has 1 heterocycles. The van der Waals surface area contributed by atoms with Crippen LogP contribution in [0.15, 0.2) is 0 Å². The highest BCUT2D eigenvalue weighted by Gasteiger charge is 2.57. The van der Waals surface area contributed by atoms with Gasteiger partial charge in [0, 0.05) is 0 Å². The van der Waals surface area contributed by atoms with Crippen molar-refractivity contribution in [3.05, 3.63) is 0 Å². The van der Waals surface area contributed by atoms with E-state index >= 15 is 0 Å². The van der Waals surface area contributed by atoms with Gasteiger partial charge >= 0.3 is 0 Å².